The molecule has 0 saturated carbocycles. The molecule has 5 nitrogen and oxygen atoms in total. The van der Waals surface area contributed by atoms with Crippen molar-refractivity contribution in [2.45, 2.75) is 44.9 Å². The summed E-state index contributed by atoms with van der Waals surface area (Å²) in [5.74, 6) is 0.965. The minimum absolute atomic E-state index is 0.0490. The van der Waals surface area contributed by atoms with E-state index in [1.54, 1.807) is 12.4 Å². The van der Waals surface area contributed by atoms with Crippen LogP contribution in [0.1, 0.15) is 44.9 Å². The summed E-state index contributed by atoms with van der Waals surface area (Å²) >= 11 is 0. The Morgan fingerprint density at radius 1 is 1.26 bits per heavy atom. The Balaban J connectivity index is 1.46. The third kappa shape index (κ3) is 4.53. The lowest BCUT2D eigenvalue weighted by molar-refractivity contribution is -0.125. The molecule has 1 aromatic rings. The van der Waals surface area contributed by atoms with Crippen LogP contribution in [-0.2, 0) is 4.79 Å². The number of nitrogens with one attached hydrogen (secondary N) is 1. The Morgan fingerprint density at radius 2 is 2.13 bits per heavy atom. The van der Waals surface area contributed by atoms with E-state index in [1.807, 2.05) is 6.07 Å². The van der Waals surface area contributed by atoms with Crippen molar-refractivity contribution < 1.29 is 4.79 Å². The zero-order valence-corrected chi connectivity index (χ0v) is 13.7. The molecule has 0 radical (unpaired) electrons. The molecule has 1 aromatic heterocycles. The van der Waals surface area contributed by atoms with Gasteiger partial charge in [0.25, 0.3) is 0 Å². The maximum absolute atomic E-state index is 12.4. The molecule has 0 unspecified atom stereocenters. The topological polar surface area (TPSA) is 58.1 Å². The van der Waals surface area contributed by atoms with E-state index in [-0.39, 0.29) is 11.8 Å². The molecule has 0 aromatic carbocycles. The molecular weight excluding hydrogens is 288 g/mol. The highest BCUT2D eigenvalue weighted by Gasteiger charge is 2.26. The lowest BCUT2D eigenvalue weighted by Crippen LogP contribution is -2.43. The maximum Gasteiger partial charge on any atom is 0.225 e. The van der Waals surface area contributed by atoms with Crippen molar-refractivity contribution in [3.8, 4) is 0 Å². The first-order valence-electron chi connectivity index (χ1n) is 8.80. The summed E-state index contributed by atoms with van der Waals surface area (Å²) in [5, 5.41) is 3.12. The lowest BCUT2D eigenvalue weighted by Gasteiger charge is -2.32. The zero-order chi connectivity index (χ0) is 15.9. The number of hydrogen-bond donors (Lipinski definition) is 1. The Labute approximate surface area is 138 Å². The van der Waals surface area contributed by atoms with E-state index < -0.39 is 0 Å². The van der Waals surface area contributed by atoms with Crippen molar-refractivity contribution in [1.29, 1.82) is 0 Å². The standard InChI is InChI=1S/C18H26N4O/c23-17(19-12-9-15-6-2-1-3-7-15)16-8-4-13-22(14-16)18-20-10-5-11-21-18/h5-6,10-11,16H,1-4,7-9,12-14H2,(H,19,23)/t16-/m0/s1. The largest absolute Gasteiger partial charge is 0.355 e. The van der Waals surface area contributed by atoms with Crippen LogP contribution in [0.5, 0.6) is 0 Å². The van der Waals surface area contributed by atoms with Crippen LogP contribution in [0.4, 0.5) is 5.95 Å². The Hall–Kier alpha value is -1.91. The number of rotatable bonds is 5. The Bertz CT molecular complexity index is 543. The van der Waals surface area contributed by atoms with Gasteiger partial charge in [-0.2, -0.15) is 0 Å². The fourth-order valence-corrected chi connectivity index (χ4v) is 3.45. The van der Waals surface area contributed by atoms with Gasteiger partial charge in [-0.15, -0.1) is 0 Å². The molecule has 0 spiro atoms. The normalized spacial score (nSPS) is 21.7. The summed E-state index contributed by atoms with van der Waals surface area (Å²) in [7, 11) is 0. The molecule has 1 aliphatic heterocycles. The number of nitrogens with zero attached hydrogens (tertiary/aromatic N) is 3. The lowest BCUT2D eigenvalue weighted by atomic mass is 9.96. The van der Waals surface area contributed by atoms with Crippen LogP contribution in [-0.4, -0.2) is 35.5 Å². The fraction of sp³-hybridized carbons (Fsp3) is 0.611. The van der Waals surface area contributed by atoms with Gasteiger partial charge in [-0.05, 0) is 51.0 Å². The molecule has 2 aliphatic rings. The molecule has 124 valence electrons. The van der Waals surface area contributed by atoms with E-state index >= 15 is 0 Å². The molecule has 1 atom stereocenters. The van der Waals surface area contributed by atoms with Crippen molar-refractivity contribution >= 4 is 11.9 Å². The first kappa shape index (κ1) is 16.0. The number of piperidine rings is 1. The Morgan fingerprint density at radius 3 is 2.91 bits per heavy atom. The average molecular weight is 314 g/mol. The average Bonchev–Trinajstić information content (AvgIpc) is 2.63. The summed E-state index contributed by atoms with van der Waals surface area (Å²) in [6.07, 6.45) is 13.9. The van der Waals surface area contributed by atoms with Crippen molar-refractivity contribution in [2.24, 2.45) is 5.92 Å². The monoisotopic (exact) mass is 314 g/mol. The van der Waals surface area contributed by atoms with Gasteiger partial charge in [0.1, 0.15) is 0 Å². The van der Waals surface area contributed by atoms with Gasteiger partial charge >= 0.3 is 0 Å². The maximum atomic E-state index is 12.4. The molecule has 3 rings (SSSR count). The van der Waals surface area contributed by atoms with Gasteiger partial charge in [-0.25, -0.2) is 9.97 Å². The van der Waals surface area contributed by atoms with Crippen molar-refractivity contribution in [3.63, 3.8) is 0 Å². The SMILES string of the molecule is O=C(NCCC1=CCCCC1)[C@H]1CCCN(c2ncccn2)C1. The van der Waals surface area contributed by atoms with Crippen LogP contribution < -0.4 is 10.2 Å². The summed E-state index contributed by atoms with van der Waals surface area (Å²) in [4.78, 5) is 23.1. The second kappa shape index (κ2) is 8.09. The summed E-state index contributed by atoms with van der Waals surface area (Å²) in [6.45, 7) is 2.42. The summed E-state index contributed by atoms with van der Waals surface area (Å²) in [6, 6.07) is 1.82. The number of aromatic nitrogens is 2. The number of carbonyl (C=O) groups excluding carboxylic acids is 1. The van der Waals surface area contributed by atoms with Crippen molar-refractivity contribution in [2.75, 3.05) is 24.5 Å². The molecule has 1 fully saturated rings. The van der Waals surface area contributed by atoms with Crippen LogP contribution in [0, 0.1) is 5.92 Å². The van der Waals surface area contributed by atoms with Crippen LogP contribution in [0.3, 0.4) is 0 Å². The number of anilines is 1. The van der Waals surface area contributed by atoms with E-state index in [0.717, 1.165) is 44.8 Å². The predicted octanol–water partition coefficient (Wildman–Crippen LogP) is 2.70. The molecule has 2 heterocycles. The third-order valence-corrected chi connectivity index (χ3v) is 4.76. The highest BCUT2D eigenvalue weighted by Crippen LogP contribution is 2.21. The molecule has 0 bridgehead atoms. The van der Waals surface area contributed by atoms with Crippen molar-refractivity contribution in [3.05, 3.63) is 30.1 Å². The Kier molecular flexibility index (Phi) is 5.61. The summed E-state index contributed by atoms with van der Waals surface area (Å²) < 4.78 is 0. The van der Waals surface area contributed by atoms with E-state index in [4.69, 9.17) is 0 Å². The van der Waals surface area contributed by atoms with E-state index in [0.29, 0.717) is 0 Å². The molecular formula is C18H26N4O. The first-order valence-corrected chi connectivity index (χ1v) is 8.80. The van der Waals surface area contributed by atoms with Gasteiger partial charge in [0.15, 0.2) is 0 Å². The highest BCUT2D eigenvalue weighted by atomic mass is 16.1. The van der Waals surface area contributed by atoms with Gasteiger partial charge in [0, 0.05) is 32.0 Å². The number of carbonyl (C=O) groups is 1. The highest BCUT2D eigenvalue weighted by molar-refractivity contribution is 5.79. The molecule has 1 amide bonds. The van der Waals surface area contributed by atoms with Crippen LogP contribution in [0.15, 0.2) is 30.1 Å². The molecule has 5 heteroatoms. The van der Waals surface area contributed by atoms with Gasteiger partial charge < -0.3 is 10.2 Å². The van der Waals surface area contributed by atoms with Crippen LogP contribution >= 0.6 is 0 Å². The van der Waals surface area contributed by atoms with Gasteiger partial charge in [-0.1, -0.05) is 11.6 Å². The number of amides is 1. The van der Waals surface area contributed by atoms with E-state index in [2.05, 4.69) is 26.3 Å². The fourth-order valence-electron chi connectivity index (χ4n) is 3.45. The summed E-state index contributed by atoms with van der Waals surface area (Å²) in [5.41, 5.74) is 1.51. The molecule has 1 saturated heterocycles. The first-order chi connectivity index (χ1) is 11.3. The van der Waals surface area contributed by atoms with Crippen LogP contribution in [0.2, 0.25) is 0 Å². The predicted molar refractivity (Wildman–Crippen MR) is 91.1 cm³/mol. The second-order valence-corrected chi connectivity index (χ2v) is 6.48. The van der Waals surface area contributed by atoms with Gasteiger partial charge in [-0.3, -0.25) is 4.79 Å². The second-order valence-electron chi connectivity index (χ2n) is 6.48. The zero-order valence-electron chi connectivity index (χ0n) is 13.7. The number of allylic oxidation sites excluding steroid dienone is 1. The third-order valence-electron chi connectivity index (χ3n) is 4.76. The molecule has 1 aliphatic carbocycles. The smallest absolute Gasteiger partial charge is 0.225 e. The van der Waals surface area contributed by atoms with Gasteiger partial charge in [0.05, 0.1) is 5.92 Å². The molecule has 23 heavy (non-hydrogen) atoms. The van der Waals surface area contributed by atoms with Crippen molar-refractivity contribution in [1.82, 2.24) is 15.3 Å². The van der Waals surface area contributed by atoms with E-state index in [1.165, 1.54) is 31.3 Å². The van der Waals surface area contributed by atoms with Gasteiger partial charge in [0.2, 0.25) is 11.9 Å². The van der Waals surface area contributed by atoms with E-state index in [9.17, 15) is 4.79 Å². The quantitative estimate of drug-likeness (QED) is 0.849. The minimum Gasteiger partial charge on any atom is -0.355 e. The number of hydrogen-bond acceptors (Lipinski definition) is 4. The minimum atomic E-state index is 0.0490. The van der Waals surface area contributed by atoms with Crippen LogP contribution in [0.25, 0.3) is 0 Å². The molecule has 1 N–H and O–H groups in total.